The first kappa shape index (κ1) is 16.9. The largest absolute Gasteiger partial charge is 0.329 e. The molecule has 0 atom stereocenters. The lowest BCUT2D eigenvalue weighted by atomic mass is 9.75. The molecule has 1 saturated carbocycles. The third kappa shape index (κ3) is 3.92. The van der Waals surface area contributed by atoms with Gasteiger partial charge in [-0.25, -0.2) is 8.42 Å². The zero-order valence-electron chi connectivity index (χ0n) is 12.7. The summed E-state index contributed by atoms with van der Waals surface area (Å²) in [6.07, 6.45) is 6.83. The molecule has 1 aliphatic rings. The van der Waals surface area contributed by atoms with Crippen LogP contribution in [0.3, 0.4) is 0 Å². The van der Waals surface area contributed by atoms with Crippen LogP contribution in [-0.2, 0) is 10.0 Å². The Hall–Kier alpha value is -0.130. The maximum absolute atomic E-state index is 12.4. The van der Waals surface area contributed by atoms with E-state index in [1.165, 1.54) is 6.42 Å². The molecule has 0 aromatic heterocycles. The molecule has 0 aromatic carbocycles. The molecule has 0 amide bonds. The molecule has 2 N–H and O–H groups in total. The van der Waals surface area contributed by atoms with Gasteiger partial charge in [-0.1, -0.05) is 26.7 Å². The summed E-state index contributed by atoms with van der Waals surface area (Å²) in [5.74, 6) is 0.991. The SMILES string of the molecule is CCCCS(=O)(=O)N(C)C1(CN)CCC(CC)CC1. The summed E-state index contributed by atoms with van der Waals surface area (Å²) in [5.41, 5.74) is 5.61. The number of unbranched alkanes of at least 4 members (excludes halogenated alkanes) is 1. The predicted molar refractivity (Wildman–Crippen MR) is 80.5 cm³/mol. The molecule has 1 aliphatic carbocycles. The Bertz CT molecular complexity index is 360. The topological polar surface area (TPSA) is 63.4 Å². The van der Waals surface area contributed by atoms with Crippen molar-refractivity contribution in [3.63, 3.8) is 0 Å². The average molecular weight is 290 g/mol. The summed E-state index contributed by atoms with van der Waals surface area (Å²) in [6, 6.07) is 0. The van der Waals surface area contributed by atoms with E-state index in [1.807, 2.05) is 6.92 Å². The van der Waals surface area contributed by atoms with Gasteiger partial charge in [-0.15, -0.1) is 0 Å². The molecule has 5 heteroatoms. The van der Waals surface area contributed by atoms with E-state index in [4.69, 9.17) is 5.73 Å². The molecule has 1 fully saturated rings. The van der Waals surface area contributed by atoms with Crippen LogP contribution < -0.4 is 5.73 Å². The summed E-state index contributed by atoms with van der Waals surface area (Å²) in [7, 11) is -1.44. The quantitative estimate of drug-likeness (QED) is 0.783. The van der Waals surface area contributed by atoms with Crippen molar-refractivity contribution in [2.75, 3.05) is 19.3 Å². The van der Waals surface area contributed by atoms with Gasteiger partial charge in [0, 0.05) is 19.1 Å². The summed E-state index contributed by atoms with van der Waals surface area (Å²) in [6.45, 7) is 4.66. The van der Waals surface area contributed by atoms with E-state index >= 15 is 0 Å². The van der Waals surface area contributed by atoms with Crippen LogP contribution in [0, 0.1) is 5.92 Å². The van der Waals surface area contributed by atoms with Crippen LogP contribution in [0.25, 0.3) is 0 Å². The zero-order valence-corrected chi connectivity index (χ0v) is 13.5. The van der Waals surface area contributed by atoms with E-state index in [2.05, 4.69) is 6.92 Å². The molecule has 0 heterocycles. The molecule has 4 nitrogen and oxygen atoms in total. The molecular weight excluding hydrogens is 260 g/mol. The third-order valence-electron chi connectivity index (χ3n) is 4.83. The van der Waals surface area contributed by atoms with Crippen molar-refractivity contribution in [3.05, 3.63) is 0 Å². The van der Waals surface area contributed by atoms with Crippen molar-refractivity contribution in [2.45, 2.75) is 64.3 Å². The smallest absolute Gasteiger partial charge is 0.214 e. The Kier molecular flexibility index (Phi) is 6.27. The van der Waals surface area contributed by atoms with Crippen LogP contribution in [0.1, 0.15) is 58.8 Å². The van der Waals surface area contributed by atoms with Crippen LogP contribution in [0.2, 0.25) is 0 Å². The van der Waals surface area contributed by atoms with Gasteiger partial charge in [0.1, 0.15) is 0 Å². The molecule has 19 heavy (non-hydrogen) atoms. The number of nitrogens with two attached hydrogens (primary N) is 1. The van der Waals surface area contributed by atoms with Crippen molar-refractivity contribution in [3.8, 4) is 0 Å². The Morgan fingerprint density at radius 1 is 1.26 bits per heavy atom. The molecule has 114 valence electrons. The lowest BCUT2D eigenvalue weighted by molar-refractivity contribution is 0.128. The van der Waals surface area contributed by atoms with E-state index in [0.29, 0.717) is 6.54 Å². The predicted octanol–water partition coefficient (Wildman–Crippen LogP) is 2.35. The summed E-state index contributed by atoms with van der Waals surface area (Å²) in [4.78, 5) is 0. The normalized spacial score (nSPS) is 28.8. The van der Waals surface area contributed by atoms with Gasteiger partial charge in [0.15, 0.2) is 0 Å². The van der Waals surface area contributed by atoms with Gasteiger partial charge in [0.05, 0.1) is 5.75 Å². The lowest BCUT2D eigenvalue weighted by Crippen LogP contribution is -2.56. The van der Waals surface area contributed by atoms with Gasteiger partial charge in [0.2, 0.25) is 10.0 Å². The monoisotopic (exact) mass is 290 g/mol. The highest BCUT2D eigenvalue weighted by Crippen LogP contribution is 2.37. The standard InChI is InChI=1S/C14H30N2O2S/c1-4-6-11-19(17,18)16(3)14(12-15)9-7-13(5-2)8-10-14/h13H,4-12,15H2,1-3H3. The molecule has 0 aromatic rings. The maximum Gasteiger partial charge on any atom is 0.214 e. The highest BCUT2D eigenvalue weighted by atomic mass is 32.2. The minimum atomic E-state index is -3.16. The summed E-state index contributed by atoms with van der Waals surface area (Å²) >= 11 is 0. The Balaban J connectivity index is 2.79. The zero-order chi connectivity index (χ0) is 14.5. The number of hydrogen-bond acceptors (Lipinski definition) is 3. The molecule has 0 saturated heterocycles. The van der Waals surface area contributed by atoms with Gasteiger partial charge in [-0.05, 0) is 38.0 Å². The van der Waals surface area contributed by atoms with E-state index in [0.717, 1.165) is 44.4 Å². The fourth-order valence-corrected chi connectivity index (χ4v) is 4.80. The van der Waals surface area contributed by atoms with Crippen molar-refractivity contribution >= 4 is 10.0 Å². The van der Waals surface area contributed by atoms with Gasteiger partial charge in [-0.2, -0.15) is 4.31 Å². The second-order valence-electron chi connectivity index (χ2n) is 5.92. The van der Waals surface area contributed by atoms with Crippen molar-refractivity contribution in [1.29, 1.82) is 0 Å². The van der Waals surface area contributed by atoms with E-state index in [1.54, 1.807) is 11.4 Å². The number of sulfonamides is 1. The fourth-order valence-electron chi connectivity index (χ4n) is 3.03. The molecule has 1 rings (SSSR count). The number of nitrogens with zero attached hydrogens (tertiary/aromatic N) is 1. The first-order valence-electron chi connectivity index (χ1n) is 7.58. The van der Waals surface area contributed by atoms with Crippen LogP contribution in [-0.4, -0.2) is 37.6 Å². The van der Waals surface area contributed by atoms with E-state index in [9.17, 15) is 8.42 Å². The lowest BCUT2D eigenvalue weighted by Gasteiger charge is -2.45. The van der Waals surface area contributed by atoms with E-state index < -0.39 is 10.0 Å². The van der Waals surface area contributed by atoms with Crippen LogP contribution in [0.15, 0.2) is 0 Å². The Morgan fingerprint density at radius 3 is 2.26 bits per heavy atom. The average Bonchev–Trinajstić information content (AvgIpc) is 2.44. The molecule has 0 spiro atoms. The highest BCUT2D eigenvalue weighted by molar-refractivity contribution is 7.89. The molecule has 0 bridgehead atoms. The van der Waals surface area contributed by atoms with Crippen molar-refractivity contribution in [1.82, 2.24) is 4.31 Å². The van der Waals surface area contributed by atoms with Crippen molar-refractivity contribution < 1.29 is 8.42 Å². The minimum Gasteiger partial charge on any atom is -0.329 e. The Morgan fingerprint density at radius 2 is 1.84 bits per heavy atom. The number of hydrogen-bond donors (Lipinski definition) is 1. The van der Waals surface area contributed by atoms with E-state index in [-0.39, 0.29) is 11.3 Å². The first-order valence-corrected chi connectivity index (χ1v) is 9.19. The first-order chi connectivity index (χ1) is 8.91. The summed E-state index contributed by atoms with van der Waals surface area (Å²) in [5, 5.41) is 0. The molecule has 0 radical (unpaired) electrons. The second kappa shape index (κ2) is 7.04. The third-order valence-corrected chi connectivity index (χ3v) is 6.86. The number of likely N-dealkylation sites (N-methyl/N-ethyl adjacent to an activating group) is 1. The molecule has 0 aliphatic heterocycles. The van der Waals surface area contributed by atoms with Gasteiger partial charge >= 0.3 is 0 Å². The van der Waals surface area contributed by atoms with Gasteiger partial charge in [0.25, 0.3) is 0 Å². The highest BCUT2D eigenvalue weighted by Gasteiger charge is 2.42. The Labute approximate surface area is 118 Å². The van der Waals surface area contributed by atoms with Crippen LogP contribution >= 0.6 is 0 Å². The van der Waals surface area contributed by atoms with Gasteiger partial charge in [-0.3, -0.25) is 0 Å². The van der Waals surface area contributed by atoms with Crippen molar-refractivity contribution in [2.24, 2.45) is 11.7 Å². The maximum atomic E-state index is 12.4. The molecular formula is C14H30N2O2S. The van der Waals surface area contributed by atoms with Gasteiger partial charge < -0.3 is 5.73 Å². The second-order valence-corrected chi connectivity index (χ2v) is 8.04. The van der Waals surface area contributed by atoms with Crippen LogP contribution in [0.4, 0.5) is 0 Å². The summed E-state index contributed by atoms with van der Waals surface area (Å²) < 4.78 is 26.3. The minimum absolute atomic E-state index is 0.249. The van der Waals surface area contributed by atoms with Crippen LogP contribution in [0.5, 0.6) is 0 Å². The molecule has 0 unspecified atom stereocenters. The fraction of sp³-hybridized carbons (Fsp3) is 1.00. The number of rotatable bonds is 7.